The number of esters is 1. The number of Topliss-reactive ketones (excluding diaryl/α,β-unsaturated/α-hetero) is 2. The van der Waals surface area contributed by atoms with Gasteiger partial charge in [0.2, 0.25) is 0 Å². The number of benzene rings is 2. The molecule has 0 spiro atoms. The Kier molecular flexibility index (Phi) is 6.14. The van der Waals surface area contributed by atoms with E-state index >= 15 is 0 Å². The molecule has 2 fully saturated rings. The van der Waals surface area contributed by atoms with Crippen LogP contribution in [-0.2, 0) is 23.9 Å². The minimum absolute atomic E-state index is 0.0219. The predicted octanol–water partition coefficient (Wildman–Crippen LogP) is 3.63. The van der Waals surface area contributed by atoms with Gasteiger partial charge in [-0.1, -0.05) is 55.0 Å². The Balaban J connectivity index is 2.10. The number of ketones is 2. The molecule has 0 aromatic heterocycles. The maximum Gasteiger partial charge on any atom is 0.338 e. The molecule has 7 nitrogen and oxygen atoms in total. The van der Waals surface area contributed by atoms with Gasteiger partial charge in [-0.25, -0.2) is 4.79 Å². The number of carbonyl (C=O) groups is 4. The first-order valence-electron chi connectivity index (χ1n) is 11.1. The van der Waals surface area contributed by atoms with Crippen molar-refractivity contribution in [3.63, 3.8) is 0 Å². The number of para-hydroxylation sites is 1. The number of anilines is 1. The van der Waals surface area contributed by atoms with Crippen LogP contribution in [0.5, 0.6) is 0 Å². The van der Waals surface area contributed by atoms with E-state index in [4.69, 9.17) is 4.74 Å². The maximum absolute atomic E-state index is 13.8. The van der Waals surface area contributed by atoms with Crippen LogP contribution in [0.3, 0.4) is 0 Å². The molecule has 0 radical (unpaired) electrons. The number of aliphatic hydroxyl groups is 1. The summed E-state index contributed by atoms with van der Waals surface area (Å²) in [6.45, 7) is 1.59. The molecular formula is C26H25NO6. The second-order valence-electron chi connectivity index (χ2n) is 8.15. The van der Waals surface area contributed by atoms with E-state index in [2.05, 4.69) is 0 Å². The Hall–Kier alpha value is -3.74. The first kappa shape index (κ1) is 22.5. The fourth-order valence-corrected chi connectivity index (χ4v) is 4.91. The predicted molar refractivity (Wildman–Crippen MR) is 121 cm³/mol. The van der Waals surface area contributed by atoms with Gasteiger partial charge in [0.15, 0.2) is 5.54 Å². The molecule has 170 valence electrons. The Morgan fingerprint density at radius 3 is 2.27 bits per heavy atom. The van der Waals surface area contributed by atoms with Crippen molar-refractivity contribution in [3.05, 3.63) is 71.8 Å². The highest BCUT2D eigenvalue weighted by Gasteiger charge is 2.68. The molecule has 2 aromatic rings. The summed E-state index contributed by atoms with van der Waals surface area (Å²) in [5, 5.41) is 11.3. The van der Waals surface area contributed by atoms with E-state index in [0.29, 0.717) is 12.8 Å². The fraction of sp³-hybridized carbons (Fsp3) is 0.308. The lowest BCUT2D eigenvalue weighted by molar-refractivity contribution is -0.153. The summed E-state index contributed by atoms with van der Waals surface area (Å²) < 4.78 is 5.41. The lowest BCUT2D eigenvalue weighted by Crippen LogP contribution is -2.61. The van der Waals surface area contributed by atoms with Crippen LogP contribution in [0.2, 0.25) is 0 Å². The molecule has 1 amide bonds. The SMILES string of the molecule is CCOC(=O)[C@@]1(C2CCCCC2=O)/C(=C(\O)c2ccccc2)C(=O)C(=O)N1c1ccccc1. The zero-order valence-electron chi connectivity index (χ0n) is 18.3. The van der Waals surface area contributed by atoms with Crippen LogP contribution in [0.25, 0.3) is 5.76 Å². The van der Waals surface area contributed by atoms with Crippen molar-refractivity contribution in [2.75, 3.05) is 11.5 Å². The van der Waals surface area contributed by atoms with Crippen molar-refractivity contribution >= 4 is 34.9 Å². The van der Waals surface area contributed by atoms with Gasteiger partial charge in [0.05, 0.1) is 18.1 Å². The van der Waals surface area contributed by atoms with Crippen LogP contribution in [0.4, 0.5) is 5.69 Å². The van der Waals surface area contributed by atoms with Gasteiger partial charge in [-0.2, -0.15) is 0 Å². The second kappa shape index (κ2) is 9.02. The summed E-state index contributed by atoms with van der Waals surface area (Å²) in [7, 11) is 0. The minimum atomic E-state index is -2.09. The van der Waals surface area contributed by atoms with Crippen molar-refractivity contribution in [2.24, 2.45) is 5.92 Å². The Morgan fingerprint density at radius 2 is 1.67 bits per heavy atom. The number of hydrogen-bond acceptors (Lipinski definition) is 6. The van der Waals surface area contributed by atoms with Crippen LogP contribution >= 0.6 is 0 Å². The van der Waals surface area contributed by atoms with Gasteiger partial charge < -0.3 is 9.84 Å². The van der Waals surface area contributed by atoms with Gasteiger partial charge in [0.1, 0.15) is 11.5 Å². The van der Waals surface area contributed by atoms with Crippen LogP contribution in [0.1, 0.15) is 38.2 Å². The molecule has 1 saturated carbocycles. The number of rotatable bonds is 5. The molecule has 33 heavy (non-hydrogen) atoms. The topological polar surface area (TPSA) is 101 Å². The van der Waals surface area contributed by atoms with E-state index in [1.54, 1.807) is 67.6 Å². The lowest BCUT2D eigenvalue weighted by Gasteiger charge is -2.42. The van der Waals surface area contributed by atoms with Gasteiger partial charge in [-0.3, -0.25) is 19.3 Å². The molecule has 7 heteroatoms. The Bertz CT molecular complexity index is 1120. The van der Waals surface area contributed by atoms with Crippen LogP contribution in [0, 0.1) is 5.92 Å². The van der Waals surface area contributed by atoms with Gasteiger partial charge >= 0.3 is 11.9 Å². The van der Waals surface area contributed by atoms with Gasteiger partial charge in [0, 0.05) is 17.7 Å². The van der Waals surface area contributed by atoms with E-state index in [9.17, 15) is 24.3 Å². The number of nitrogens with zero attached hydrogens (tertiary/aromatic N) is 1. The van der Waals surface area contributed by atoms with E-state index in [-0.39, 0.29) is 36.5 Å². The highest BCUT2D eigenvalue weighted by atomic mass is 16.5. The molecule has 2 atom stereocenters. The smallest absolute Gasteiger partial charge is 0.338 e. The Morgan fingerprint density at radius 1 is 1.03 bits per heavy atom. The third-order valence-electron chi connectivity index (χ3n) is 6.30. The first-order chi connectivity index (χ1) is 15.9. The normalized spacial score (nSPS) is 24.7. The average Bonchev–Trinajstić information content (AvgIpc) is 3.08. The quantitative estimate of drug-likeness (QED) is 0.325. The van der Waals surface area contributed by atoms with E-state index < -0.39 is 40.4 Å². The lowest BCUT2D eigenvalue weighted by atomic mass is 9.69. The van der Waals surface area contributed by atoms with Gasteiger partial charge in [-0.05, 0) is 31.9 Å². The van der Waals surface area contributed by atoms with Gasteiger partial charge in [-0.15, -0.1) is 0 Å². The standard InChI is InChI=1S/C26H25NO6/c1-2-33-25(32)26(19-15-9-10-16-20(19)28)21(22(29)17-11-5-3-6-12-17)23(30)24(31)27(26)18-13-7-4-8-14-18/h3-8,11-14,19,29H,2,9-10,15-16H2,1H3/b22-21-/t19?,26-/m1/s1. The van der Waals surface area contributed by atoms with Gasteiger partial charge in [0.25, 0.3) is 5.78 Å². The van der Waals surface area contributed by atoms with E-state index in [0.717, 1.165) is 4.90 Å². The molecule has 1 N–H and O–H groups in total. The molecule has 1 heterocycles. The molecule has 0 bridgehead atoms. The van der Waals surface area contributed by atoms with Crippen molar-refractivity contribution in [1.82, 2.24) is 0 Å². The minimum Gasteiger partial charge on any atom is -0.507 e. The Labute approximate surface area is 191 Å². The third-order valence-corrected chi connectivity index (χ3v) is 6.30. The highest BCUT2D eigenvalue weighted by Crippen LogP contribution is 2.49. The molecule has 1 unspecified atom stereocenters. The highest BCUT2D eigenvalue weighted by molar-refractivity contribution is 6.54. The zero-order chi connectivity index (χ0) is 23.6. The van der Waals surface area contributed by atoms with E-state index in [1.807, 2.05) is 0 Å². The zero-order valence-corrected chi connectivity index (χ0v) is 18.3. The van der Waals surface area contributed by atoms with Crippen LogP contribution in [-0.4, -0.2) is 40.7 Å². The summed E-state index contributed by atoms with van der Waals surface area (Å²) in [6, 6.07) is 16.5. The van der Waals surface area contributed by atoms with Crippen molar-refractivity contribution < 1.29 is 29.0 Å². The number of aliphatic hydroxyl groups excluding tert-OH is 1. The summed E-state index contributed by atoms with van der Waals surface area (Å²) in [4.78, 5) is 54.9. The first-order valence-corrected chi connectivity index (χ1v) is 11.1. The largest absolute Gasteiger partial charge is 0.507 e. The number of ether oxygens (including phenoxy) is 1. The summed E-state index contributed by atoms with van der Waals surface area (Å²) in [5.74, 6) is -4.67. The summed E-state index contributed by atoms with van der Waals surface area (Å²) in [6.07, 6.45) is 1.80. The molecule has 4 rings (SSSR count). The maximum atomic E-state index is 13.8. The second-order valence-corrected chi connectivity index (χ2v) is 8.15. The van der Waals surface area contributed by atoms with Crippen molar-refractivity contribution in [1.29, 1.82) is 0 Å². The molecule has 2 aliphatic rings. The van der Waals surface area contributed by atoms with Crippen LogP contribution in [0.15, 0.2) is 66.2 Å². The fourth-order valence-electron chi connectivity index (χ4n) is 4.91. The van der Waals surface area contributed by atoms with E-state index in [1.165, 1.54) is 0 Å². The molecular weight excluding hydrogens is 422 g/mol. The molecule has 2 aromatic carbocycles. The average molecular weight is 447 g/mol. The summed E-state index contributed by atoms with van der Waals surface area (Å²) in [5.41, 5.74) is -1.96. The number of carbonyl (C=O) groups excluding carboxylic acids is 4. The van der Waals surface area contributed by atoms with Crippen molar-refractivity contribution in [2.45, 2.75) is 38.1 Å². The molecule has 1 aliphatic heterocycles. The summed E-state index contributed by atoms with van der Waals surface area (Å²) >= 11 is 0. The third kappa shape index (κ3) is 3.53. The molecule has 1 aliphatic carbocycles. The van der Waals surface area contributed by atoms with Crippen LogP contribution < -0.4 is 4.90 Å². The molecule has 1 saturated heterocycles. The number of hydrogen-bond donors (Lipinski definition) is 1. The number of amides is 1. The van der Waals surface area contributed by atoms with Crippen molar-refractivity contribution in [3.8, 4) is 0 Å². The monoisotopic (exact) mass is 447 g/mol.